The Balaban J connectivity index is 2.26. The molecule has 0 saturated carbocycles. The average Bonchev–Trinajstić information content (AvgIpc) is 2.38. The first kappa shape index (κ1) is 11.3. The first-order valence-electron chi connectivity index (χ1n) is 5.87. The predicted molar refractivity (Wildman–Crippen MR) is 65.1 cm³/mol. The number of nitrogens with zero attached hydrogens (tertiary/aromatic N) is 1. The van der Waals surface area contributed by atoms with Gasteiger partial charge in [-0.1, -0.05) is 12.1 Å². The molecule has 1 N–H and O–H groups in total. The van der Waals surface area contributed by atoms with Crippen molar-refractivity contribution in [3.05, 3.63) is 24.3 Å². The summed E-state index contributed by atoms with van der Waals surface area (Å²) < 4.78 is 5.37. The predicted octanol–water partition coefficient (Wildman–Crippen LogP) is 2.05. The van der Waals surface area contributed by atoms with E-state index in [-0.39, 0.29) is 12.6 Å². The number of methoxy groups -OCH3 is 1. The summed E-state index contributed by atoms with van der Waals surface area (Å²) in [7, 11) is 1.69. The number of para-hydroxylation sites is 2. The summed E-state index contributed by atoms with van der Waals surface area (Å²) in [5.41, 5.74) is 1.10. The van der Waals surface area contributed by atoms with Crippen LogP contribution in [0.25, 0.3) is 0 Å². The van der Waals surface area contributed by atoms with Gasteiger partial charge in [0.05, 0.1) is 25.4 Å². The molecule has 1 aliphatic heterocycles. The van der Waals surface area contributed by atoms with Gasteiger partial charge >= 0.3 is 0 Å². The third-order valence-electron chi connectivity index (χ3n) is 3.23. The molecule has 0 aliphatic carbocycles. The molecule has 0 spiro atoms. The highest BCUT2D eigenvalue weighted by atomic mass is 16.5. The van der Waals surface area contributed by atoms with Crippen LogP contribution in [0, 0.1) is 0 Å². The summed E-state index contributed by atoms with van der Waals surface area (Å²) >= 11 is 0. The van der Waals surface area contributed by atoms with Crippen LogP contribution in [0.2, 0.25) is 0 Å². The highest BCUT2D eigenvalue weighted by Gasteiger charge is 2.23. The molecule has 1 heterocycles. The van der Waals surface area contributed by atoms with Crippen LogP contribution in [0.5, 0.6) is 5.75 Å². The van der Waals surface area contributed by atoms with Crippen LogP contribution < -0.4 is 9.64 Å². The first-order chi connectivity index (χ1) is 7.86. The van der Waals surface area contributed by atoms with E-state index < -0.39 is 0 Å². The molecular formula is C13H19NO2. The molecule has 1 saturated heterocycles. The number of aliphatic hydroxyl groups is 1. The van der Waals surface area contributed by atoms with Crippen molar-refractivity contribution in [2.75, 3.05) is 25.2 Å². The Morgan fingerprint density at radius 1 is 1.38 bits per heavy atom. The lowest BCUT2D eigenvalue weighted by Crippen LogP contribution is -2.42. The van der Waals surface area contributed by atoms with E-state index in [0.717, 1.165) is 24.4 Å². The Morgan fingerprint density at radius 3 is 2.94 bits per heavy atom. The van der Waals surface area contributed by atoms with E-state index in [1.807, 2.05) is 18.2 Å². The molecule has 1 fully saturated rings. The molecule has 0 radical (unpaired) electrons. The first-order valence-corrected chi connectivity index (χ1v) is 5.87. The van der Waals surface area contributed by atoms with E-state index in [4.69, 9.17) is 4.74 Å². The fraction of sp³-hybridized carbons (Fsp3) is 0.538. The van der Waals surface area contributed by atoms with Crippen molar-refractivity contribution in [2.45, 2.75) is 25.3 Å². The Labute approximate surface area is 96.6 Å². The fourth-order valence-electron chi connectivity index (χ4n) is 2.37. The van der Waals surface area contributed by atoms with Gasteiger partial charge in [-0.05, 0) is 31.4 Å². The van der Waals surface area contributed by atoms with Crippen molar-refractivity contribution < 1.29 is 9.84 Å². The van der Waals surface area contributed by atoms with Crippen LogP contribution in [0.15, 0.2) is 24.3 Å². The van der Waals surface area contributed by atoms with Crippen molar-refractivity contribution >= 4 is 5.69 Å². The summed E-state index contributed by atoms with van der Waals surface area (Å²) in [6.45, 7) is 1.23. The zero-order valence-electron chi connectivity index (χ0n) is 9.72. The Hall–Kier alpha value is -1.22. The molecule has 0 aromatic heterocycles. The van der Waals surface area contributed by atoms with Gasteiger partial charge in [-0.15, -0.1) is 0 Å². The van der Waals surface area contributed by atoms with E-state index in [1.165, 1.54) is 12.8 Å². The second-order valence-corrected chi connectivity index (χ2v) is 4.20. The monoisotopic (exact) mass is 221 g/mol. The van der Waals surface area contributed by atoms with Gasteiger partial charge in [0, 0.05) is 6.54 Å². The smallest absolute Gasteiger partial charge is 0.142 e. The third kappa shape index (κ3) is 2.14. The zero-order valence-corrected chi connectivity index (χ0v) is 9.72. The van der Waals surface area contributed by atoms with Crippen molar-refractivity contribution in [3.8, 4) is 5.75 Å². The molecule has 3 heteroatoms. The molecule has 1 aliphatic rings. The van der Waals surface area contributed by atoms with Gasteiger partial charge in [-0.3, -0.25) is 0 Å². The van der Waals surface area contributed by atoms with Crippen LogP contribution >= 0.6 is 0 Å². The lowest BCUT2D eigenvalue weighted by molar-refractivity contribution is 0.239. The molecule has 16 heavy (non-hydrogen) atoms. The van der Waals surface area contributed by atoms with Crippen LogP contribution in [-0.2, 0) is 0 Å². The van der Waals surface area contributed by atoms with Gasteiger partial charge in [0.1, 0.15) is 5.75 Å². The molecule has 1 aromatic carbocycles. The molecule has 1 unspecified atom stereocenters. The SMILES string of the molecule is COc1ccccc1N1CCCCC1CO. The van der Waals surface area contributed by atoms with E-state index in [0.29, 0.717) is 0 Å². The molecule has 3 nitrogen and oxygen atoms in total. The summed E-state index contributed by atoms with van der Waals surface area (Å²) in [6.07, 6.45) is 3.46. The van der Waals surface area contributed by atoms with E-state index >= 15 is 0 Å². The quantitative estimate of drug-likeness (QED) is 0.848. The average molecular weight is 221 g/mol. The van der Waals surface area contributed by atoms with E-state index in [2.05, 4.69) is 11.0 Å². The normalized spacial score (nSPS) is 20.9. The second kappa shape index (κ2) is 5.21. The summed E-state index contributed by atoms with van der Waals surface area (Å²) in [4.78, 5) is 2.27. The molecule has 1 atom stereocenters. The van der Waals surface area contributed by atoms with Gasteiger partial charge in [0.15, 0.2) is 0 Å². The number of ether oxygens (including phenoxy) is 1. The fourth-order valence-corrected chi connectivity index (χ4v) is 2.37. The standard InChI is InChI=1S/C13H19NO2/c1-16-13-8-3-2-7-12(13)14-9-5-4-6-11(14)10-15/h2-3,7-8,11,15H,4-6,9-10H2,1H3. The minimum atomic E-state index is 0.220. The van der Waals surface area contributed by atoms with Gasteiger partial charge in [-0.25, -0.2) is 0 Å². The van der Waals surface area contributed by atoms with Crippen molar-refractivity contribution in [3.63, 3.8) is 0 Å². The van der Waals surface area contributed by atoms with E-state index in [9.17, 15) is 5.11 Å². The van der Waals surface area contributed by atoms with Crippen molar-refractivity contribution in [1.82, 2.24) is 0 Å². The number of aliphatic hydroxyl groups excluding tert-OH is 1. The lowest BCUT2D eigenvalue weighted by atomic mass is 10.0. The molecule has 0 bridgehead atoms. The van der Waals surface area contributed by atoms with Crippen molar-refractivity contribution in [1.29, 1.82) is 0 Å². The summed E-state index contributed by atoms with van der Waals surface area (Å²) in [6, 6.07) is 8.26. The van der Waals surface area contributed by atoms with Gasteiger partial charge in [0.2, 0.25) is 0 Å². The summed E-state index contributed by atoms with van der Waals surface area (Å²) in [5.74, 6) is 0.892. The van der Waals surface area contributed by atoms with Gasteiger partial charge in [-0.2, -0.15) is 0 Å². The number of hydrogen-bond donors (Lipinski definition) is 1. The third-order valence-corrected chi connectivity index (χ3v) is 3.23. The maximum Gasteiger partial charge on any atom is 0.142 e. The maximum absolute atomic E-state index is 9.40. The highest BCUT2D eigenvalue weighted by Crippen LogP contribution is 2.32. The van der Waals surface area contributed by atoms with Gasteiger partial charge in [0.25, 0.3) is 0 Å². The molecule has 88 valence electrons. The molecule has 0 amide bonds. The summed E-state index contributed by atoms with van der Waals surface area (Å²) in [5, 5.41) is 9.40. The lowest BCUT2D eigenvalue weighted by Gasteiger charge is -2.37. The number of hydrogen-bond acceptors (Lipinski definition) is 3. The molecular weight excluding hydrogens is 202 g/mol. The number of anilines is 1. The van der Waals surface area contributed by atoms with Crippen LogP contribution in [0.3, 0.4) is 0 Å². The minimum absolute atomic E-state index is 0.220. The Bertz CT molecular complexity index is 340. The number of rotatable bonds is 3. The van der Waals surface area contributed by atoms with E-state index in [1.54, 1.807) is 7.11 Å². The zero-order chi connectivity index (χ0) is 11.4. The molecule has 1 aromatic rings. The topological polar surface area (TPSA) is 32.7 Å². The maximum atomic E-state index is 9.40. The number of piperidine rings is 1. The van der Waals surface area contributed by atoms with Gasteiger partial charge < -0.3 is 14.7 Å². The molecule has 2 rings (SSSR count). The Morgan fingerprint density at radius 2 is 2.19 bits per heavy atom. The van der Waals surface area contributed by atoms with Crippen LogP contribution in [0.1, 0.15) is 19.3 Å². The van der Waals surface area contributed by atoms with Crippen LogP contribution in [-0.4, -0.2) is 31.4 Å². The number of benzene rings is 1. The van der Waals surface area contributed by atoms with Crippen LogP contribution in [0.4, 0.5) is 5.69 Å². The second-order valence-electron chi connectivity index (χ2n) is 4.20. The largest absolute Gasteiger partial charge is 0.495 e. The van der Waals surface area contributed by atoms with Crippen molar-refractivity contribution in [2.24, 2.45) is 0 Å². The Kier molecular flexibility index (Phi) is 3.67. The minimum Gasteiger partial charge on any atom is -0.495 e. The highest BCUT2D eigenvalue weighted by molar-refractivity contribution is 5.59.